The zero-order valence-corrected chi connectivity index (χ0v) is 8.85. The van der Waals surface area contributed by atoms with Gasteiger partial charge >= 0.3 is 0 Å². The molecule has 1 aromatic carbocycles. The van der Waals surface area contributed by atoms with Crippen LogP contribution in [0.2, 0.25) is 0 Å². The van der Waals surface area contributed by atoms with E-state index in [0.29, 0.717) is 0 Å². The summed E-state index contributed by atoms with van der Waals surface area (Å²) in [6.07, 6.45) is 3.89. The van der Waals surface area contributed by atoms with Crippen molar-refractivity contribution in [2.24, 2.45) is 0 Å². The minimum atomic E-state index is 0.745. The molecule has 13 heavy (non-hydrogen) atoms. The number of hydrogen-bond acceptors (Lipinski definition) is 0. The van der Waals surface area contributed by atoms with Gasteiger partial charge in [0.05, 0.1) is 0 Å². The van der Waals surface area contributed by atoms with Crippen LogP contribution in [-0.2, 0) is 12.8 Å². The summed E-state index contributed by atoms with van der Waals surface area (Å²) in [6.45, 7) is 6.84. The van der Waals surface area contributed by atoms with Gasteiger partial charge in [-0.3, -0.25) is 0 Å². The van der Waals surface area contributed by atoms with E-state index < -0.39 is 0 Å². The molecule has 0 bridgehead atoms. The average Bonchev–Trinajstić information content (AvgIpc) is 2.06. The standard InChI is InChI=1S/C13H18/c1-4-9(2)11-6-5-10(3)12-7-8-13(11)12/h5-6,9H,4,7-8H2,1-3H3. The average molecular weight is 174 g/mol. The Kier molecular flexibility index (Phi) is 2.15. The second-order valence-corrected chi connectivity index (χ2v) is 4.24. The molecule has 0 heteroatoms. The van der Waals surface area contributed by atoms with Gasteiger partial charge in [-0.05, 0) is 54.4 Å². The fourth-order valence-corrected chi connectivity index (χ4v) is 2.23. The molecule has 1 aromatic rings. The molecule has 0 fully saturated rings. The SMILES string of the molecule is CCC(C)c1ccc(C)c2c1CC2. The van der Waals surface area contributed by atoms with Gasteiger partial charge in [-0.25, -0.2) is 0 Å². The number of fused-ring (bicyclic) bond motifs is 1. The number of aryl methyl sites for hydroxylation is 1. The van der Waals surface area contributed by atoms with Crippen LogP contribution in [0.1, 0.15) is 48.4 Å². The fourth-order valence-electron chi connectivity index (χ4n) is 2.23. The van der Waals surface area contributed by atoms with Crippen molar-refractivity contribution in [2.45, 2.75) is 46.0 Å². The van der Waals surface area contributed by atoms with Crippen LogP contribution in [0.25, 0.3) is 0 Å². The lowest BCUT2D eigenvalue weighted by molar-refractivity contribution is 0.695. The summed E-state index contributed by atoms with van der Waals surface area (Å²) >= 11 is 0. The molecule has 0 aromatic heterocycles. The van der Waals surface area contributed by atoms with E-state index in [-0.39, 0.29) is 0 Å². The van der Waals surface area contributed by atoms with E-state index in [2.05, 4.69) is 32.9 Å². The van der Waals surface area contributed by atoms with Gasteiger partial charge in [-0.2, -0.15) is 0 Å². The minimum Gasteiger partial charge on any atom is -0.0648 e. The van der Waals surface area contributed by atoms with E-state index in [9.17, 15) is 0 Å². The van der Waals surface area contributed by atoms with Gasteiger partial charge in [0.25, 0.3) is 0 Å². The van der Waals surface area contributed by atoms with Crippen molar-refractivity contribution in [3.8, 4) is 0 Å². The van der Waals surface area contributed by atoms with E-state index in [1.54, 1.807) is 16.7 Å². The van der Waals surface area contributed by atoms with Crippen LogP contribution in [0.4, 0.5) is 0 Å². The van der Waals surface area contributed by atoms with E-state index in [1.165, 1.54) is 24.8 Å². The first-order valence-electron chi connectivity index (χ1n) is 5.35. The zero-order valence-electron chi connectivity index (χ0n) is 8.85. The van der Waals surface area contributed by atoms with Crippen molar-refractivity contribution in [1.29, 1.82) is 0 Å². The van der Waals surface area contributed by atoms with Crippen molar-refractivity contribution in [2.75, 3.05) is 0 Å². The van der Waals surface area contributed by atoms with E-state index in [1.807, 2.05) is 0 Å². The molecule has 0 spiro atoms. The predicted molar refractivity (Wildman–Crippen MR) is 57.3 cm³/mol. The highest BCUT2D eigenvalue weighted by Gasteiger charge is 2.20. The normalized spacial score (nSPS) is 16.2. The molecule has 1 atom stereocenters. The summed E-state index contributed by atoms with van der Waals surface area (Å²) < 4.78 is 0. The Morgan fingerprint density at radius 2 is 1.92 bits per heavy atom. The van der Waals surface area contributed by atoms with Gasteiger partial charge in [0.1, 0.15) is 0 Å². The highest BCUT2D eigenvalue weighted by atomic mass is 14.3. The molecule has 0 amide bonds. The summed E-state index contributed by atoms with van der Waals surface area (Å²) in [5.74, 6) is 0.745. The maximum Gasteiger partial charge on any atom is -0.0190 e. The quantitative estimate of drug-likeness (QED) is 0.642. The van der Waals surface area contributed by atoms with Crippen LogP contribution in [0.5, 0.6) is 0 Å². The third-order valence-electron chi connectivity index (χ3n) is 3.47. The third kappa shape index (κ3) is 1.29. The molecule has 0 N–H and O–H groups in total. The molecule has 0 saturated carbocycles. The molecule has 2 rings (SSSR count). The second kappa shape index (κ2) is 3.17. The number of benzene rings is 1. The Labute approximate surface area is 81.0 Å². The van der Waals surface area contributed by atoms with Gasteiger partial charge in [0.2, 0.25) is 0 Å². The van der Waals surface area contributed by atoms with Crippen LogP contribution < -0.4 is 0 Å². The van der Waals surface area contributed by atoms with Crippen LogP contribution >= 0.6 is 0 Å². The molecule has 70 valence electrons. The first kappa shape index (κ1) is 8.80. The van der Waals surface area contributed by atoms with Gasteiger partial charge < -0.3 is 0 Å². The lowest BCUT2D eigenvalue weighted by atomic mass is 9.78. The van der Waals surface area contributed by atoms with Crippen LogP contribution in [0.3, 0.4) is 0 Å². The largest absolute Gasteiger partial charge is 0.0648 e. The lowest BCUT2D eigenvalue weighted by Gasteiger charge is -2.27. The Bertz CT molecular complexity index is 323. The van der Waals surface area contributed by atoms with Crippen molar-refractivity contribution in [3.05, 3.63) is 34.4 Å². The Morgan fingerprint density at radius 1 is 1.23 bits per heavy atom. The highest BCUT2D eigenvalue weighted by molar-refractivity contribution is 5.47. The van der Waals surface area contributed by atoms with E-state index in [0.717, 1.165) is 5.92 Å². The van der Waals surface area contributed by atoms with Crippen LogP contribution in [-0.4, -0.2) is 0 Å². The van der Waals surface area contributed by atoms with Gasteiger partial charge in [-0.15, -0.1) is 0 Å². The first-order chi connectivity index (χ1) is 6.24. The van der Waals surface area contributed by atoms with Crippen molar-refractivity contribution < 1.29 is 0 Å². The molecule has 1 aliphatic rings. The molecule has 1 unspecified atom stereocenters. The Morgan fingerprint density at radius 3 is 2.46 bits per heavy atom. The second-order valence-electron chi connectivity index (χ2n) is 4.24. The molecule has 0 aliphatic heterocycles. The highest BCUT2D eigenvalue weighted by Crippen LogP contribution is 2.34. The number of rotatable bonds is 2. The lowest BCUT2D eigenvalue weighted by Crippen LogP contribution is -2.15. The summed E-state index contributed by atoms with van der Waals surface area (Å²) in [7, 11) is 0. The Hall–Kier alpha value is -0.780. The fraction of sp³-hybridized carbons (Fsp3) is 0.538. The Balaban J connectivity index is 2.44. The van der Waals surface area contributed by atoms with E-state index in [4.69, 9.17) is 0 Å². The van der Waals surface area contributed by atoms with Gasteiger partial charge in [0, 0.05) is 0 Å². The molecule has 0 heterocycles. The topological polar surface area (TPSA) is 0 Å². The third-order valence-corrected chi connectivity index (χ3v) is 3.47. The van der Waals surface area contributed by atoms with Crippen molar-refractivity contribution in [1.82, 2.24) is 0 Å². The predicted octanol–water partition coefficient (Wildman–Crippen LogP) is 3.61. The summed E-state index contributed by atoms with van der Waals surface area (Å²) in [5, 5.41) is 0. The molecule has 0 radical (unpaired) electrons. The molecular formula is C13H18. The summed E-state index contributed by atoms with van der Waals surface area (Å²) in [4.78, 5) is 0. The van der Waals surface area contributed by atoms with E-state index >= 15 is 0 Å². The van der Waals surface area contributed by atoms with Crippen molar-refractivity contribution in [3.63, 3.8) is 0 Å². The van der Waals surface area contributed by atoms with Gasteiger partial charge in [-0.1, -0.05) is 26.0 Å². The molecular weight excluding hydrogens is 156 g/mol. The number of hydrogen-bond donors (Lipinski definition) is 0. The van der Waals surface area contributed by atoms with Crippen LogP contribution in [0, 0.1) is 6.92 Å². The molecule has 0 saturated heterocycles. The first-order valence-corrected chi connectivity index (χ1v) is 5.35. The summed E-state index contributed by atoms with van der Waals surface area (Å²) in [6, 6.07) is 4.63. The van der Waals surface area contributed by atoms with Crippen LogP contribution in [0.15, 0.2) is 12.1 Å². The van der Waals surface area contributed by atoms with Gasteiger partial charge in [0.15, 0.2) is 0 Å². The molecule has 0 nitrogen and oxygen atoms in total. The monoisotopic (exact) mass is 174 g/mol. The smallest absolute Gasteiger partial charge is 0.0190 e. The summed E-state index contributed by atoms with van der Waals surface area (Å²) in [5.41, 5.74) is 6.40. The molecule has 1 aliphatic carbocycles. The maximum atomic E-state index is 2.34. The maximum absolute atomic E-state index is 2.34. The zero-order chi connectivity index (χ0) is 9.42. The van der Waals surface area contributed by atoms with Crippen molar-refractivity contribution >= 4 is 0 Å². The minimum absolute atomic E-state index is 0.745.